The van der Waals surface area contributed by atoms with E-state index in [9.17, 15) is 14.0 Å². The highest BCUT2D eigenvalue weighted by molar-refractivity contribution is 6.04. The summed E-state index contributed by atoms with van der Waals surface area (Å²) in [4.78, 5) is 24.4. The van der Waals surface area contributed by atoms with Gasteiger partial charge in [0, 0.05) is 31.0 Å². The molecule has 0 aromatic heterocycles. The molecule has 0 spiro atoms. The predicted molar refractivity (Wildman–Crippen MR) is 104 cm³/mol. The molecule has 0 bridgehead atoms. The number of nitrogens with one attached hydrogen (secondary N) is 2. The number of nitrogens with two attached hydrogens (primary N) is 1. The van der Waals surface area contributed by atoms with Gasteiger partial charge in [-0.25, -0.2) is 4.39 Å². The number of carbonyl (C=O) groups is 2. The molecule has 1 saturated heterocycles. The third-order valence-corrected chi connectivity index (χ3v) is 4.86. The minimum atomic E-state index is -0.529. The molecule has 6 nitrogen and oxygen atoms in total. The fraction of sp³-hybridized carbons (Fsp3) is 0.333. The summed E-state index contributed by atoms with van der Waals surface area (Å²) >= 11 is 0. The Labute approximate surface area is 163 Å². The quantitative estimate of drug-likeness (QED) is 0.712. The second-order valence-corrected chi connectivity index (χ2v) is 6.85. The highest BCUT2D eigenvalue weighted by Crippen LogP contribution is 2.18. The summed E-state index contributed by atoms with van der Waals surface area (Å²) in [5.74, 6) is -0.721. The van der Waals surface area contributed by atoms with E-state index in [0.717, 1.165) is 18.4 Å². The van der Waals surface area contributed by atoms with Crippen LogP contribution in [0.15, 0.2) is 48.5 Å². The monoisotopic (exact) mass is 385 g/mol. The van der Waals surface area contributed by atoms with E-state index >= 15 is 0 Å². The van der Waals surface area contributed by atoms with Gasteiger partial charge in [-0.1, -0.05) is 12.1 Å². The fourth-order valence-corrected chi connectivity index (χ4v) is 3.11. The molecule has 0 radical (unpaired) electrons. The van der Waals surface area contributed by atoms with Crippen LogP contribution in [0.5, 0.6) is 0 Å². The van der Waals surface area contributed by atoms with Gasteiger partial charge in [-0.3, -0.25) is 9.59 Å². The summed E-state index contributed by atoms with van der Waals surface area (Å²) in [5, 5.41) is 5.61. The van der Waals surface area contributed by atoms with Gasteiger partial charge < -0.3 is 21.1 Å². The van der Waals surface area contributed by atoms with Gasteiger partial charge >= 0.3 is 0 Å². The van der Waals surface area contributed by atoms with Crippen molar-refractivity contribution in [3.63, 3.8) is 0 Å². The van der Waals surface area contributed by atoms with Crippen molar-refractivity contribution in [3.8, 4) is 0 Å². The minimum Gasteiger partial charge on any atom is -0.381 e. The molecule has 1 unspecified atom stereocenters. The SMILES string of the molecule is NC(C(=O)NCc1ccc(NC(=O)c2ccc(F)cc2)cc1)C1CCOCC1. The van der Waals surface area contributed by atoms with E-state index in [1.54, 1.807) is 12.1 Å². The van der Waals surface area contributed by atoms with E-state index in [1.165, 1.54) is 24.3 Å². The van der Waals surface area contributed by atoms with Crippen molar-refractivity contribution in [2.24, 2.45) is 11.7 Å². The van der Waals surface area contributed by atoms with Gasteiger partial charge in [-0.2, -0.15) is 0 Å². The lowest BCUT2D eigenvalue weighted by Gasteiger charge is -2.26. The number of ether oxygens (including phenoxy) is 1. The second kappa shape index (κ2) is 9.43. The summed E-state index contributed by atoms with van der Waals surface area (Å²) in [6, 6.07) is 12.0. The Morgan fingerprint density at radius 2 is 1.71 bits per heavy atom. The van der Waals surface area contributed by atoms with Crippen LogP contribution in [0.4, 0.5) is 10.1 Å². The molecule has 0 saturated carbocycles. The maximum atomic E-state index is 12.9. The standard InChI is InChI=1S/C21H24FN3O3/c22-17-5-3-16(4-6-17)20(26)25-18-7-1-14(2-8-18)13-24-21(27)19(23)15-9-11-28-12-10-15/h1-8,15,19H,9-13,23H2,(H,24,27)(H,25,26). The Morgan fingerprint density at radius 1 is 1.07 bits per heavy atom. The van der Waals surface area contributed by atoms with E-state index in [0.29, 0.717) is 31.0 Å². The molecule has 1 aliphatic rings. The number of anilines is 1. The third kappa shape index (κ3) is 5.37. The maximum absolute atomic E-state index is 12.9. The Hall–Kier alpha value is -2.77. The van der Waals surface area contributed by atoms with Crippen LogP contribution in [0.1, 0.15) is 28.8 Å². The normalized spacial score (nSPS) is 15.6. The molecule has 1 aliphatic heterocycles. The molecule has 1 fully saturated rings. The van der Waals surface area contributed by atoms with E-state index in [2.05, 4.69) is 10.6 Å². The van der Waals surface area contributed by atoms with Crippen molar-refractivity contribution in [3.05, 3.63) is 65.5 Å². The fourth-order valence-electron chi connectivity index (χ4n) is 3.11. The zero-order valence-corrected chi connectivity index (χ0v) is 15.5. The van der Waals surface area contributed by atoms with E-state index in [1.807, 2.05) is 12.1 Å². The maximum Gasteiger partial charge on any atom is 0.255 e. The van der Waals surface area contributed by atoms with Crippen molar-refractivity contribution in [1.82, 2.24) is 5.32 Å². The first kappa shape index (κ1) is 20.0. The van der Waals surface area contributed by atoms with Crippen LogP contribution in [0, 0.1) is 11.7 Å². The smallest absolute Gasteiger partial charge is 0.255 e. The average molecular weight is 385 g/mol. The van der Waals surface area contributed by atoms with Crippen molar-refractivity contribution >= 4 is 17.5 Å². The molecule has 1 atom stereocenters. The molecule has 7 heteroatoms. The lowest BCUT2D eigenvalue weighted by atomic mass is 9.92. The molecule has 2 amide bonds. The van der Waals surface area contributed by atoms with Crippen molar-refractivity contribution in [1.29, 1.82) is 0 Å². The van der Waals surface area contributed by atoms with Crippen LogP contribution >= 0.6 is 0 Å². The zero-order valence-electron chi connectivity index (χ0n) is 15.5. The highest BCUT2D eigenvalue weighted by atomic mass is 19.1. The average Bonchev–Trinajstić information content (AvgIpc) is 2.73. The molecule has 0 aliphatic carbocycles. The van der Waals surface area contributed by atoms with Crippen LogP contribution in [0.2, 0.25) is 0 Å². The van der Waals surface area contributed by atoms with Gasteiger partial charge in [0.05, 0.1) is 6.04 Å². The molecule has 148 valence electrons. The van der Waals surface area contributed by atoms with Crippen LogP contribution in [-0.4, -0.2) is 31.1 Å². The van der Waals surface area contributed by atoms with Gasteiger partial charge in [0.25, 0.3) is 5.91 Å². The van der Waals surface area contributed by atoms with E-state index in [-0.39, 0.29) is 23.5 Å². The van der Waals surface area contributed by atoms with Crippen molar-refractivity contribution < 1.29 is 18.7 Å². The van der Waals surface area contributed by atoms with E-state index < -0.39 is 6.04 Å². The first-order valence-electron chi connectivity index (χ1n) is 9.30. The summed E-state index contributed by atoms with van der Waals surface area (Å²) in [5.41, 5.74) is 7.95. The Bertz CT molecular complexity index is 803. The second-order valence-electron chi connectivity index (χ2n) is 6.85. The van der Waals surface area contributed by atoms with Gasteiger partial charge in [-0.05, 0) is 60.7 Å². The molecular formula is C21H24FN3O3. The third-order valence-electron chi connectivity index (χ3n) is 4.86. The largest absolute Gasteiger partial charge is 0.381 e. The van der Waals surface area contributed by atoms with Gasteiger partial charge in [-0.15, -0.1) is 0 Å². The number of rotatable bonds is 6. The summed E-state index contributed by atoms with van der Waals surface area (Å²) in [6.45, 7) is 1.66. The molecule has 2 aromatic carbocycles. The number of carbonyl (C=O) groups excluding carboxylic acids is 2. The van der Waals surface area contributed by atoms with Gasteiger partial charge in [0.2, 0.25) is 5.91 Å². The van der Waals surface area contributed by atoms with Crippen LogP contribution in [0.3, 0.4) is 0 Å². The lowest BCUT2D eigenvalue weighted by Crippen LogP contribution is -2.46. The zero-order chi connectivity index (χ0) is 19.9. The first-order chi connectivity index (χ1) is 13.5. The topological polar surface area (TPSA) is 93.5 Å². The minimum absolute atomic E-state index is 0.151. The summed E-state index contributed by atoms with van der Waals surface area (Å²) < 4.78 is 18.2. The Morgan fingerprint density at radius 3 is 2.36 bits per heavy atom. The van der Waals surface area contributed by atoms with Gasteiger partial charge in [0.15, 0.2) is 0 Å². The first-order valence-corrected chi connectivity index (χ1v) is 9.30. The number of amides is 2. The van der Waals surface area contributed by atoms with Crippen LogP contribution in [-0.2, 0) is 16.1 Å². The van der Waals surface area contributed by atoms with Crippen molar-refractivity contribution in [2.45, 2.75) is 25.4 Å². The molecular weight excluding hydrogens is 361 g/mol. The van der Waals surface area contributed by atoms with Gasteiger partial charge in [0.1, 0.15) is 5.82 Å². The molecule has 3 rings (SSSR count). The predicted octanol–water partition coefficient (Wildman–Crippen LogP) is 2.45. The Balaban J connectivity index is 1.49. The number of halogens is 1. The number of benzene rings is 2. The molecule has 4 N–H and O–H groups in total. The summed E-state index contributed by atoms with van der Waals surface area (Å²) in [7, 11) is 0. The van der Waals surface area contributed by atoms with E-state index in [4.69, 9.17) is 10.5 Å². The molecule has 2 aromatic rings. The highest BCUT2D eigenvalue weighted by Gasteiger charge is 2.26. The molecule has 1 heterocycles. The lowest BCUT2D eigenvalue weighted by molar-refractivity contribution is -0.124. The Kier molecular flexibility index (Phi) is 6.73. The summed E-state index contributed by atoms with van der Waals surface area (Å²) in [6.07, 6.45) is 1.61. The molecule has 28 heavy (non-hydrogen) atoms. The van der Waals surface area contributed by atoms with Crippen molar-refractivity contribution in [2.75, 3.05) is 18.5 Å². The number of hydrogen-bond acceptors (Lipinski definition) is 4. The van der Waals surface area contributed by atoms with Crippen LogP contribution in [0.25, 0.3) is 0 Å². The number of hydrogen-bond donors (Lipinski definition) is 3. The van der Waals surface area contributed by atoms with Crippen LogP contribution < -0.4 is 16.4 Å².